The maximum absolute atomic E-state index is 9.17. The molecule has 48 heavy (non-hydrogen) atoms. The van der Waals surface area contributed by atoms with Crippen LogP contribution in [-0.2, 0) is 0 Å². The third-order valence-corrected chi connectivity index (χ3v) is 7.63. The van der Waals surface area contributed by atoms with E-state index >= 15 is 0 Å². The maximum atomic E-state index is 9.17. The zero-order chi connectivity index (χ0) is 32.9. The first-order valence-corrected chi connectivity index (χ1v) is 14.8. The average Bonchev–Trinajstić information content (AvgIpc) is 3.18. The highest BCUT2D eigenvalue weighted by Crippen LogP contribution is 2.31. The summed E-state index contributed by atoms with van der Waals surface area (Å²) < 4.78 is 0. The average molecular weight is 616 g/mol. The summed E-state index contributed by atoms with van der Waals surface area (Å²) in [6.45, 7) is 0. The van der Waals surface area contributed by atoms with E-state index in [4.69, 9.17) is 15.0 Å². The maximum Gasteiger partial charge on any atom is 0.164 e. The van der Waals surface area contributed by atoms with Crippen LogP contribution in [0.5, 0.6) is 0 Å². The Morgan fingerprint density at radius 3 is 0.875 bits per heavy atom. The van der Waals surface area contributed by atoms with Crippen LogP contribution in [0.3, 0.4) is 0 Å². The van der Waals surface area contributed by atoms with Crippen molar-refractivity contribution in [1.82, 2.24) is 29.9 Å². The smallest absolute Gasteiger partial charge is 0.164 e. The Morgan fingerprint density at radius 1 is 0.333 bits per heavy atom. The molecule has 9 heteroatoms. The van der Waals surface area contributed by atoms with Gasteiger partial charge < -0.3 is 0 Å². The van der Waals surface area contributed by atoms with Crippen molar-refractivity contribution in [3.05, 3.63) is 145 Å². The van der Waals surface area contributed by atoms with Gasteiger partial charge in [0.05, 0.1) is 0 Å². The van der Waals surface area contributed by atoms with E-state index in [0.29, 0.717) is 34.6 Å². The number of hydrogen-bond acceptors (Lipinski definition) is 9. The number of nitriles is 3. The molecule has 0 fully saturated rings. The molecule has 0 saturated heterocycles. The van der Waals surface area contributed by atoms with Gasteiger partial charge in [-0.25, -0.2) is 29.9 Å². The first kappa shape index (κ1) is 29.3. The van der Waals surface area contributed by atoms with Gasteiger partial charge in [0.15, 0.2) is 17.5 Å². The van der Waals surface area contributed by atoms with Crippen LogP contribution in [0.2, 0.25) is 0 Å². The van der Waals surface area contributed by atoms with Crippen LogP contribution < -0.4 is 0 Å². The van der Waals surface area contributed by atoms with Crippen molar-refractivity contribution in [3.8, 4) is 85.8 Å². The second-order valence-corrected chi connectivity index (χ2v) is 10.7. The van der Waals surface area contributed by atoms with Gasteiger partial charge in [0.1, 0.15) is 35.3 Å². The molecule has 0 saturated carbocycles. The van der Waals surface area contributed by atoms with Gasteiger partial charge in [0, 0.05) is 52.0 Å². The Bertz CT molecular complexity index is 2130. The van der Waals surface area contributed by atoms with Gasteiger partial charge in [-0.3, -0.25) is 0 Å². The molecule has 7 aromatic rings. The van der Waals surface area contributed by atoms with Crippen molar-refractivity contribution in [1.29, 1.82) is 15.8 Å². The molecular formula is C39H21N9. The largest absolute Gasteiger partial charge is 0.245 e. The fraction of sp³-hybridized carbons (Fsp3) is 0. The first-order valence-electron chi connectivity index (χ1n) is 14.8. The highest BCUT2D eigenvalue weighted by molar-refractivity contribution is 5.76. The molecule has 4 aromatic heterocycles. The van der Waals surface area contributed by atoms with E-state index in [1.165, 1.54) is 0 Å². The van der Waals surface area contributed by atoms with Crippen LogP contribution >= 0.6 is 0 Å². The quantitative estimate of drug-likeness (QED) is 0.184. The number of pyridine rings is 3. The summed E-state index contributed by atoms with van der Waals surface area (Å²) in [5, 5.41) is 27.5. The van der Waals surface area contributed by atoms with Crippen LogP contribution in [0.25, 0.3) is 67.5 Å². The van der Waals surface area contributed by atoms with E-state index in [2.05, 4.69) is 33.2 Å². The summed E-state index contributed by atoms with van der Waals surface area (Å²) in [5.41, 5.74) is 8.66. The number of benzene rings is 3. The summed E-state index contributed by atoms with van der Waals surface area (Å²) in [7, 11) is 0. The Labute approximate surface area is 275 Å². The van der Waals surface area contributed by atoms with Crippen molar-refractivity contribution in [3.63, 3.8) is 0 Å². The molecule has 222 valence electrons. The number of aromatic nitrogens is 6. The van der Waals surface area contributed by atoms with E-state index < -0.39 is 0 Å². The molecule has 0 unspecified atom stereocenters. The van der Waals surface area contributed by atoms with Gasteiger partial charge in [-0.1, -0.05) is 54.6 Å². The van der Waals surface area contributed by atoms with Crippen molar-refractivity contribution in [2.24, 2.45) is 0 Å². The van der Waals surface area contributed by atoms with Gasteiger partial charge in [-0.2, -0.15) is 15.8 Å². The predicted molar refractivity (Wildman–Crippen MR) is 180 cm³/mol. The molecule has 0 aliphatic heterocycles. The summed E-state index contributed by atoms with van der Waals surface area (Å²) in [6.07, 6.45) is 5.03. The van der Waals surface area contributed by atoms with Gasteiger partial charge in [0.2, 0.25) is 0 Å². The van der Waals surface area contributed by atoms with E-state index in [1.807, 2.05) is 91.0 Å². The van der Waals surface area contributed by atoms with E-state index in [-0.39, 0.29) is 0 Å². The minimum atomic E-state index is 0.347. The molecule has 4 heterocycles. The number of nitrogens with zero attached hydrogens (tertiary/aromatic N) is 9. The fourth-order valence-electron chi connectivity index (χ4n) is 5.17. The van der Waals surface area contributed by atoms with Gasteiger partial charge in [0.25, 0.3) is 0 Å². The van der Waals surface area contributed by atoms with Crippen LogP contribution in [-0.4, -0.2) is 29.9 Å². The zero-order valence-corrected chi connectivity index (χ0v) is 25.1. The summed E-state index contributed by atoms with van der Waals surface area (Å²) >= 11 is 0. The van der Waals surface area contributed by atoms with Gasteiger partial charge in [-0.15, -0.1) is 0 Å². The van der Waals surface area contributed by atoms with Crippen LogP contribution in [0.1, 0.15) is 17.1 Å². The van der Waals surface area contributed by atoms with Crippen LogP contribution in [0, 0.1) is 34.0 Å². The Hall–Kier alpha value is -7.41. The third-order valence-electron chi connectivity index (χ3n) is 7.63. The molecule has 3 aromatic carbocycles. The monoisotopic (exact) mass is 615 g/mol. The lowest BCUT2D eigenvalue weighted by Crippen LogP contribution is -2.00. The Balaban J connectivity index is 1.35. The van der Waals surface area contributed by atoms with E-state index in [9.17, 15) is 15.8 Å². The second kappa shape index (κ2) is 12.9. The molecule has 0 N–H and O–H groups in total. The van der Waals surface area contributed by atoms with Crippen molar-refractivity contribution in [2.45, 2.75) is 0 Å². The normalized spacial score (nSPS) is 10.4. The highest BCUT2D eigenvalue weighted by atomic mass is 15.0. The molecule has 0 radical (unpaired) electrons. The number of rotatable bonds is 6. The second-order valence-electron chi connectivity index (χ2n) is 10.7. The molecule has 7 rings (SSSR count). The topological polar surface area (TPSA) is 149 Å². The highest BCUT2D eigenvalue weighted by Gasteiger charge is 2.15. The van der Waals surface area contributed by atoms with E-state index in [0.717, 1.165) is 50.1 Å². The fourth-order valence-corrected chi connectivity index (χ4v) is 5.17. The first-order chi connectivity index (χ1) is 23.6. The van der Waals surface area contributed by atoms with Crippen LogP contribution in [0.4, 0.5) is 0 Å². The SMILES string of the molecule is N#Cc1ccc(-c2cccc(-c3nc(-c4cccc(-c5ccc(C#N)nc5)c4)nc(-c4cccc(-c5ccc(C#N)nc5)c4)n3)c2)cn1. The van der Waals surface area contributed by atoms with Crippen LogP contribution in [0.15, 0.2) is 128 Å². The lowest BCUT2D eigenvalue weighted by Gasteiger charge is -2.11. The standard InChI is InChI=1S/C39H21N9/c40-19-34-13-10-31(22-43-34)25-4-1-7-28(16-25)37-46-38(29-8-2-5-26(17-29)32-11-14-35(20-41)44-23-32)48-39(47-37)30-9-3-6-27(18-30)33-12-15-36(21-42)45-24-33/h1-18,22-24H. The molecule has 9 nitrogen and oxygen atoms in total. The molecule has 0 bridgehead atoms. The predicted octanol–water partition coefficient (Wildman–Crippen LogP) is 7.67. The van der Waals surface area contributed by atoms with Gasteiger partial charge >= 0.3 is 0 Å². The molecule has 0 aliphatic carbocycles. The minimum Gasteiger partial charge on any atom is -0.245 e. The minimum absolute atomic E-state index is 0.347. The zero-order valence-electron chi connectivity index (χ0n) is 25.1. The lowest BCUT2D eigenvalue weighted by molar-refractivity contribution is 1.07. The number of hydrogen-bond donors (Lipinski definition) is 0. The van der Waals surface area contributed by atoms with Crippen molar-refractivity contribution >= 4 is 0 Å². The van der Waals surface area contributed by atoms with Crippen molar-refractivity contribution < 1.29 is 0 Å². The summed E-state index contributed by atoms with van der Waals surface area (Å²) in [4.78, 5) is 27.5. The Morgan fingerprint density at radius 2 is 0.625 bits per heavy atom. The molecule has 0 atom stereocenters. The molecule has 0 amide bonds. The summed E-state index contributed by atoms with van der Waals surface area (Å²) in [5.74, 6) is 1.44. The Kier molecular flexibility index (Phi) is 7.88. The summed E-state index contributed by atoms with van der Waals surface area (Å²) in [6, 6.07) is 40.3. The van der Waals surface area contributed by atoms with E-state index in [1.54, 1.807) is 36.8 Å². The molecular weight excluding hydrogens is 594 g/mol. The molecule has 0 aliphatic rings. The van der Waals surface area contributed by atoms with Gasteiger partial charge in [-0.05, 0) is 71.3 Å². The third kappa shape index (κ3) is 6.09. The molecule has 0 spiro atoms. The lowest BCUT2D eigenvalue weighted by atomic mass is 10.0. The van der Waals surface area contributed by atoms with Crippen molar-refractivity contribution in [2.75, 3.05) is 0 Å².